The Balaban J connectivity index is 2.72. The zero-order valence-corrected chi connectivity index (χ0v) is 8.85. The lowest BCUT2D eigenvalue weighted by Gasteiger charge is -2.12. The van der Waals surface area contributed by atoms with Crippen molar-refractivity contribution in [2.24, 2.45) is 11.5 Å². The van der Waals surface area contributed by atoms with Gasteiger partial charge in [-0.05, 0) is 37.1 Å². The second kappa shape index (κ2) is 5.86. The van der Waals surface area contributed by atoms with Crippen molar-refractivity contribution in [3.05, 3.63) is 35.1 Å². The van der Waals surface area contributed by atoms with Gasteiger partial charge >= 0.3 is 0 Å². The first-order valence-corrected chi connectivity index (χ1v) is 5.16. The Morgan fingerprint density at radius 1 is 1.06 bits per heavy atom. The van der Waals surface area contributed by atoms with Gasteiger partial charge in [-0.1, -0.05) is 6.42 Å². The third-order valence-electron chi connectivity index (χ3n) is 2.40. The molecule has 0 heterocycles. The van der Waals surface area contributed by atoms with Crippen LogP contribution in [-0.2, 0) is 0 Å². The lowest BCUT2D eigenvalue weighted by molar-refractivity contribution is 0.442. The fraction of sp³-hybridized carbons (Fsp3) is 0.455. The number of unbranched alkanes of at least 4 members (excludes halogenated alkanes) is 1. The molecule has 0 aromatic heterocycles. The number of rotatable bonds is 5. The van der Waals surface area contributed by atoms with Crippen LogP contribution in [0.25, 0.3) is 0 Å². The Hall–Kier alpha value is -1.07. The molecule has 1 atom stereocenters. The van der Waals surface area contributed by atoms with Crippen molar-refractivity contribution in [3.8, 4) is 0 Å². The van der Waals surface area contributed by atoms with Gasteiger partial charge in [0.2, 0.25) is 0 Å². The van der Waals surface area contributed by atoms with Gasteiger partial charge in [0.15, 0.2) is 17.5 Å². The summed E-state index contributed by atoms with van der Waals surface area (Å²) in [5, 5.41) is 0. The minimum absolute atomic E-state index is 0.272. The summed E-state index contributed by atoms with van der Waals surface area (Å²) in [7, 11) is 0. The molecule has 1 aromatic rings. The van der Waals surface area contributed by atoms with Gasteiger partial charge in [0, 0.05) is 6.04 Å². The van der Waals surface area contributed by atoms with Crippen LogP contribution in [0.15, 0.2) is 12.1 Å². The highest BCUT2D eigenvalue weighted by molar-refractivity contribution is 5.22. The van der Waals surface area contributed by atoms with Crippen LogP contribution in [0.4, 0.5) is 13.2 Å². The van der Waals surface area contributed by atoms with E-state index < -0.39 is 23.5 Å². The number of hydrogen-bond donors (Lipinski definition) is 2. The molecule has 5 heteroatoms. The van der Waals surface area contributed by atoms with Crippen molar-refractivity contribution in [3.63, 3.8) is 0 Å². The van der Waals surface area contributed by atoms with Crippen LogP contribution < -0.4 is 11.5 Å². The smallest absolute Gasteiger partial charge is 0.194 e. The number of nitrogens with two attached hydrogens (primary N) is 2. The maximum atomic E-state index is 12.9. The van der Waals surface area contributed by atoms with Crippen LogP contribution in [0.1, 0.15) is 30.9 Å². The zero-order valence-electron chi connectivity index (χ0n) is 8.85. The summed E-state index contributed by atoms with van der Waals surface area (Å²) >= 11 is 0. The fourth-order valence-electron chi connectivity index (χ4n) is 1.46. The third-order valence-corrected chi connectivity index (χ3v) is 2.40. The monoisotopic (exact) mass is 232 g/mol. The average molecular weight is 232 g/mol. The number of benzene rings is 1. The summed E-state index contributed by atoms with van der Waals surface area (Å²) in [6.45, 7) is 0.554. The van der Waals surface area contributed by atoms with E-state index >= 15 is 0 Å². The van der Waals surface area contributed by atoms with Crippen molar-refractivity contribution in [2.75, 3.05) is 6.54 Å². The molecule has 0 saturated heterocycles. The van der Waals surface area contributed by atoms with Crippen molar-refractivity contribution < 1.29 is 13.2 Å². The van der Waals surface area contributed by atoms with Gasteiger partial charge in [0.1, 0.15) is 0 Å². The summed E-state index contributed by atoms with van der Waals surface area (Å²) in [5.41, 5.74) is 11.3. The molecule has 0 bridgehead atoms. The maximum Gasteiger partial charge on any atom is 0.194 e. The van der Waals surface area contributed by atoms with Gasteiger partial charge < -0.3 is 11.5 Å². The van der Waals surface area contributed by atoms with Gasteiger partial charge in [-0.3, -0.25) is 0 Å². The second-order valence-corrected chi connectivity index (χ2v) is 3.69. The second-order valence-electron chi connectivity index (χ2n) is 3.69. The molecular formula is C11H15F3N2. The quantitative estimate of drug-likeness (QED) is 0.604. The van der Waals surface area contributed by atoms with Gasteiger partial charge in [-0.25, -0.2) is 13.2 Å². The molecule has 1 aromatic carbocycles. The molecule has 0 amide bonds. The molecule has 0 saturated carbocycles. The van der Waals surface area contributed by atoms with Gasteiger partial charge in [0.25, 0.3) is 0 Å². The lowest BCUT2D eigenvalue weighted by Crippen LogP contribution is -2.12. The topological polar surface area (TPSA) is 52.0 Å². The molecule has 2 nitrogen and oxygen atoms in total. The van der Waals surface area contributed by atoms with E-state index in [1.54, 1.807) is 0 Å². The van der Waals surface area contributed by atoms with Gasteiger partial charge in [0.05, 0.1) is 0 Å². The average Bonchev–Trinajstić information content (AvgIpc) is 2.25. The molecule has 1 rings (SSSR count). The van der Waals surface area contributed by atoms with Crippen LogP contribution in [0.3, 0.4) is 0 Å². The first-order valence-electron chi connectivity index (χ1n) is 5.16. The minimum Gasteiger partial charge on any atom is -0.330 e. The van der Waals surface area contributed by atoms with Crippen LogP contribution >= 0.6 is 0 Å². The summed E-state index contributed by atoms with van der Waals surface area (Å²) in [4.78, 5) is 0. The molecule has 90 valence electrons. The third kappa shape index (κ3) is 3.21. The summed E-state index contributed by atoms with van der Waals surface area (Å²) < 4.78 is 38.5. The lowest BCUT2D eigenvalue weighted by atomic mass is 10.0. The highest BCUT2D eigenvalue weighted by Gasteiger charge is 2.14. The van der Waals surface area contributed by atoms with E-state index in [4.69, 9.17) is 11.5 Å². The molecule has 0 spiro atoms. The van der Waals surface area contributed by atoms with Crippen molar-refractivity contribution in [1.29, 1.82) is 0 Å². The summed E-state index contributed by atoms with van der Waals surface area (Å²) in [6, 6.07) is 1.38. The maximum absolute atomic E-state index is 12.9. The van der Waals surface area contributed by atoms with Crippen LogP contribution in [0.5, 0.6) is 0 Å². The van der Waals surface area contributed by atoms with Crippen LogP contribution in [-0.4, -0.2) is 6.54 Å². The predicted molar refractivity (Wildman–Crippen MR) is 56.1 cm³/mol. The molecule has 16 heavy (non-hydrogen) atoms. The molecule has 0 unspecified atom stereocenters. The number of halogens is 3. The fourth-order valence-corrected chi connectivity index (χ4v) is 1.46. The van der Waals surface area contributed by atoms with Gasteiger partial charge in [-0.15, -0.1) is 0 Å². The van der Waals surface area contributed by atoms with E-state index in [1.807, 2.05) is 0 Å². The van der Waals surface area contributed by atoms with E-state index in [0.29, 0.717) is 13.0 Å². The highest BCUT2D eigenvalue weighted by Crippen LogP contribution is 2.21. The molecule has 0 fully saturated rings. The molecular weight excluding hydrogens is 217 g/mol. The molecule has 0 aliphatic rings. The van der Waals surface area contributed by atoms with E-state index in [1.165, 1.54) is 0 Å². The van der Waals surface area contributed by atoms with Crippen molar-refractivity contribution >= 4 is 0 Å². The number of hydrogen-bond acceptors (Lipinski definition) is 2. The Morgan fingerprint density at radius 2 is 1.62 bits per heavy atom. The first-order chi connectivity index (χ1) is 7.56. The van der Waals surface area contributed by atoms with Crippen molar-refractivity contribution in [2.45, 2.75) is 25.3 Å². The van der Waals surface area contributed by atoms with Crippen LogP contribution in [0.2, 0.25) is 0 Å². The predicted octanol–water partition coefficient (Wildman–Crippen LogP) is 2.23. The standard InChI is InChI=1S/C11H15F3N2/c12-8-5-7(6-9(13)11(8)14)10(16)3-1-2-4-15/h5-6,10H,1-4,15-16H2/t10-/m0/s1. The highest BCUT2D eigenvalue weighted by atomic mass is 19.2. The zero-order chi connectivity index (χ0) is 12.1. The van der Waals surface area contributed by atoms with Crippen LogP contribution in [0, 0.1) is 17.5 Å². The Kier molecular flexibility index (Phi) is 4.76. The SMILES string of the molecule is NCCCC[C@H](N)c1cc(F)c(F)c(F)c1. The van der Waals surface area contributed by atoms with E-state index in [0.717, 1.165) is 25.0 Å². The van der Waals surface area contributed by atoms with E-state index in [-0.39, 0.29) is 5.56 Å². The Morgan fingerprint density at radius 3 is 2.12 bits per heavy atom. The van der Waals surface area contributed by atoms with E-state index in [2.05, 4.69) is 0 Å². The molecule has 0 aliphatic carbocycles. The molecule has 0 radical (unpaired) electrons. The first kappa shape index (κ1) is 13.0. The normalized spacial score (nSPS) is 12.8. The minimum atomic E-state index is -1.46. The Bertz CT molecular complexity index is 332. The largest absolute Gasteiger partial charge is 0.330 e. The molecule has 0 aliphatic heterocycles. The van der Waals surface area contributed by atoms with Gasteiger partial charge in [-0.2, -0.15) is 0 Å². The summed E-state index contributed by atoms with van der Waals surface area (Å²) in [5.74, 6) is -3.87. The molecule has 4 N–H and O–H groups in total. The van der Waals surface area contributed by atoms with Crippen molar-refractivity contribution in [1.82, 2.24) is 0 Å². The summed E-state index contributed by atoms with van der Waals surface area (Å²) in [6.07, 6.45) is 2.15. The Labute approximate surface area is 92.4 Å². The van der Waals surface area contributed by atoms with E-state index in [9.17, 15) is 13.2 Å².